The zero-order valence-corrected chi connectivity index (χ0v) is 17.2. The van der Waals surface area contributed by atoms with Crippen LogP contribution in [0.2, 0.25) is 0 Å². The van der Waals surface area contributed by atoms with Gasteiger partial charge in [0.1, 0.15) is 0 Å². The van der Waals surface area contributed by atoms with E-state index in [0.29, 0.717) is 19.6 Å². The van der Waals surface area contributed by atoms with Crippen molar-refractivity contribution in [1.29, 1.82) is 0 Å². The molecule has 0 atom stereocenters. The summed E-state index contributed by atoms with van der Waals surface area (Å²) in [6, 6.07) is 0. The summed E-state index contributed by atoms with van der Waals surface area (Å²) in [5.74, 6) is 0.296. The van der Waals surface area contributed by atoms with E-state index in [1.54, 1.807) is 0 Å². The number of carbonyl (C=O) groups excluding carboxylic acids is 2. The number of nitrogens with two attached hydrogens (primary N) is 1. The first-order valence-electron chi connectivity index (χ1n) is 9.08. The van der Waals surface area contributed by atoms with Crippen LogP contribution in [-0.4, -0.2) is 77.9 Å². The molecule has 1 aliphatic heterocycles. The van der Waals surface area contributed by atoms with Gasteiger partial charge in [0.2, 0.25) is 11.8 Å². The van der Waals surface area contributed by atoms with E-state index in [2.05, 4.69) is 4.90 Å². The van der Waals surface area contributed by atoms with Gasteiger partial charge >= 0.3 is 0 Å². The molecule has 2 N–H and O–H groups in total. The van der Waals surface area contributed by atoms with Crippen LogP contribution in [0.25, 0.3) is 0 Å². The van der Waals surface area contributed by atoms with E-state index in [-0.39, 0.29) is 36.6 Å². The zero-order chi connectivity index (χ0) is 16.9. The Morgan fingerprint density at radius 1 is 0.960 bits per heavy atom. The summed E-state index contributed by atoms with van der Waals surface area (Å²) in [7, 11) is 0. The largest absolute Gasteiger partial charge is 0.342 e. The second-order valence-electron chi connectivity index (χ2n) is 6.85. The van der Waals surface area contributed by atoms with E-state index in [4.69, 9.17) is 5.73 Å². The zero-order valence-electron chi connectivity index (χ0n) is 15.5. The highest BCUT2D eigenvalue weighted by Crippen LogP contribution is 2.28. The van der Waals surface area contributed by atoms with Crippen LogP contribution in [0.4, 0.5) is 0 Å². The van der Waals surface area contributed by atoms with E-state index < -0.39 is 5.54 Å². The van der Waals surface area contributed by atoms with E-state index in [9.17, 15) is 9.59 Å². The van der Waals surface area contributed by atoms with Gasteiger partial charge in [-0.3, -0.25) is 14.5 Å². The van der Waals surface area contributed by atoms with Crippen molar-refractivity contribution >= 4 is 36.6 Å². The number of carbonyl (C=O) groups is 2. The first kappa shape index (κ1) is 24.4. The molecule has 0 bridgehead atoms. The Hall–Kier alpha value is -0.560. The molecule has 1 aliphatic carbocycles. The lowest BCUT2D eigenvalue weighted by Gasteiger charge is -2.41. The van der Waals surface area contributed by atoms with Crippen molar-refractivity contribution in [2.24, 2.45) is 5.73 Å². The maximum Gasteiger partial charge on any atom is 0.242 e. The van der Waals surface area contributed by atoms with Crippen LogP contribution < -0.4 is 5.73 Å². The lowest BCUT2D eigenvalue weighted by Crippen LogP contribution is -2.60. The SMILES string of the molecule is CCN(CC)C(=O)CN1CCN(C(=O)C2(N)CCCCC2)CC1.Cl.Cl. The molecule has 8 heteroatoms. The highest BCUT2D eigenvalue weighted by Gasteiger charge is 2.39. The minimum absolute atomic E-state index is 0. The smallest absolute Gasteiger partial charge is 0.242 e. The Morgan fingerprint density at radius 3 is 1.96 bits per heavy atom. The molecule has 0 aromatic rings. The molecule has 6 nitrogen and oxygen atoms in total. The second-order valence-corrected chi connectivity index (χ2v) is 6.85. The number of hydrogen-bond donors (Lipinski definition) is 1. The fourth-order valence-electron chi connectivity index (χ4n) is 3.69. The monoisotopic (exact) mass is 396 g/mol. The van der Waals surface area contributed by atoms with Gasteiger partial charge in [0.25, 0.3) is 0 Å². The van der Waals surface area contributed by atoms with Crippen molar-refractivity contribution in [2.75, 3.05) is 45.8 Å². The molecule has 0 aromatic carbocycles. The molecule has 2 fully saturated rings. The summed E-state index contributed by atoms with van der Waals surface area (Å²) in [5, 5.41) is 0. The molecule has 148 valence electrons. The third-order valence-electron chi connectivity index (χ3n) is 5.31. The molecule has 0 unspecified atom stereocenters. The third kappa shape index (κ3) is 6.27. The predicted octanol–water partition coefficient (Wildman–Crippen LogP) is 1.50. The molecule has 1 saturated carbocycles. The maximum atomic E-state index is 12.7. The molecular formula is C17H34Cl2N4O2. The minimum Gasteiger partial charge on any atom is -0.342 e. The van der Waals surface area contributed by atoms with Crippen molar-refractivity contribution in [3.8, 4) is 0 Å². The van der Waals surface area contributed by atoms with E-state index >= 15 is 0 Å². The second kappa shape index (κ2) is 11.2. The Bertz CT molecular complexity index is 419. The van der Waals surface area contributed by atoms with Crippen LogP contribution in [-0.2, 0) is 9.59 Å². The molecule has 25 heavy (non-hydrogen) atoms. The van der Waals surface area contributed by atoms with Crippen molar-refractivity contribution < 1.29 is 9.59 Å². The summed E-state index contributed by atoms with van der Waals surface area (Å²) in [5.41, 5.74) is 5.72. The Labute approximate surface area is 164 Å². The van der Waals surface area contributed by atoms with Gasteiger partial charge in [0.15, 0.2) is 0 Å². The number of rotatable bonds is 5. The molecule has 2 amide bonds. The highest BCUT2D eigenvalue weighted by atomic mass is 35.5. The van der Waals surface area contributed by atoms with Crippen LogP contribution in [0.5, 0.6) is 0 Å². The number of halogens is 2. The van der Waals surface area contributed by atoms with Crippen molar-refractivity contribution in [3.63, 3.8) is 0 Å². The first-order chi connectivity index (χ1) is 11.0. The number of likely N-dealkylation sites (N-methyl/N-ethyl adjacent to an activating group) is 1. The first-order valence-corrected chi connectivity index (χ1v) is 9.08. The third-order valence-corrected chi connectivity index (χ3v) is 5.31. The van der Waals surface area contributed by atoms with Gasteiger partial charge in [0, 0.05) is 39.3 Å². The number of hydrogen-bond acceptors (Lipinski definition) is 4. The fraction of sp³-hybridized carbons (Fsp3) is 0.882. The van der Waals surface area contributed by atoms with Crippen LogP contribution in [0.15, 0.2) is 0 Å². The van der Waals surface area contributed by atoms with Crippen LogP contribution in [0.1, 0.15) is 46.0 Å². The Morgan fingerprint density at radius 2 is 1.48 bits per heavy atom. The highest BCUT2D eigenvalue weighted by molar-refractivity contribution is 5.86. The molecule has 1 heterocycles. The predicted molar refractivity (Wildman–Crippen MR) is 105 cm³/mol. The van der Waals surface area contributed by atoms with Gasteiger partial charge in [-0.05, 0) is 26.7 Å². The van der Waals surface area contributed by atoms with Gasteiger partial charge in [-0.1, -0.05) is 19.3 Å². The lowest BCUT2D eigenvalue weighted by atomic mass is 9.81. The quantitative estimate of drug-likeness (QED) is 0.764. The van der Waals surface area contributed by atoms with Crippen molar-refractivity contribution in [2.45, 2.75) is 51.5 Å². The minimum atomic E-state index is -0.641. The normalized spacial score (nSPS) is 20.2. The maximum absolute atomic E-state index is 12.7. The molecule has 0 radical (unpaired) electrons. The van der Waals surface area contributed by atoms with Crippen LogP contribution >= 0.6 is 24.8 Å². The van der Waals surface area contributed by atoms with Gasteiger partial charge in [-0.15, -0.1) is 24.8 Å². The lowest BCUT2D eigenvalue weighted by molar-refractivity contribution is -0.140. The molecule has 0 spiro atoms. The summed E-state index contributed by atoms with van der Waals surface area (Å²) in [4.78, 5) is 30.8. The Balaban J connectivity index is 0.00000288. The standard InChI is InChI=1S/C17H32N4O2.2ClH/c1-3-20(4-2)15(22)14-19-10-12-21(13-11-19)16(23)17(18)8-6-5-7-9-17;;/h3-14,18H2,1-2H3;2*1H. The number of amides is 2. The van der Waals surface area contributed by atoms with E-state index in [1.165, 1.54) is 6.42 Å². The van der Waals surface area contributed by atoms with E-state index in [0.717, 1.165) is 51.9 Å². The average molecular weight is 397 g/mol. The number of piperazine rings is 1. The Kier molecular flexibility index (Phi) is 11.0. The van der Waals surface area contributed by atoms with E-state index in [1.807, 2.05) is 23.6 Å². The fourth-order valence-corrected chi connectivity index (χ4v) is 3.69. The summed E-state index contributed by atoms with van der Waals surface area (Å²) in [6.07, 6.45) is 4.92. The molecule has 2 aliphatic rings. The number of nitrogens with zero attached hydrogens (tertiary/aromatic N) is 3. The molecule has 0 aromatic heterocycles. The van der Waals surface area contributed by atoms with Gasteiger partial charge < -0.3 is 15.5 Å². The summed E-state index contributed by atoms with van der Waals surface area (Å²) in [6.45, 7) is 8.85. The van der Waals surface area contributed by atoms with Gasteiger partial charge in [-0.2, -0.15) is 0 Å². The molecular weight excluding hydrogens is 363 g/mol. The summed E-state index contributed by atoms with van der Waals surface area (Å²) >= 11 is 0. The van der Waals surface area contributed by atoms with Crippen LogP contribution in [0.3, 0.4) is 0 Å². The van der Waals surface area contributed by atoms with Crippen molar-refractivity contribution in [1.82, 2.24) is 14.7 Å². The van der Waals surface area contributed by atoms with Crippen LogP contribution in [0, 0.1) is 0 Å². The molecule has 1 saturated heterocycles. The molecule has 2 rings (SSSR count). The topological polar surface area (TPSA) is 69.9 Å². The summed E-state index contributed by atoms with van der Waals surface area (Å²) < 4.78 is 0. The van der Waals surface area contributed by atoms with Crippen molar-refractivity contribution in [3.05, 3.63) is 0 Å². The van der Waals surface area contributed by atoms with Gasteiger partial charge in [-0.25, -0.2) is 0 Å². The average Bonchev–Trinajstić information content (AvgIpc) is 2.56. The van der Waals surface area contributed by atoms with Gasteiger partial charge in [0.05, 0.1) is 12.1 Å².